The van der Waals surface area contributed by atoms with Gasteiger partial charge in [0.2, 0.25) is 5.90 Å². The maximum atomic E-state index is 6.01. The van der Waals surface area contributed by atoms with Crippen molar-refractivity contribution in [3.05, 3.63) is 35.9 Å². The Hall–Kier alpha value is -1.35. The Morgan fingerprint density at radius 2 is 2.06 bits per heavy atom. The highest BCUT2D eigenvalue weighted by atomic mass is 16.6. The lowest BCUT2D eigenvalue weighted by Crippen LogP contribution is -2.29. The summed E-state index contributed by atoms with van der Waals surface area (Å²) in [6.07, 6.45) is 1.35. The molecule has 0 saturated carbocycles. The first-order chi connectivity index (χ1) is 8.74. The van der Waals surface area contributed by atoms with Crippen LogP contribution in [0.3, 0.4) is 0 Å². The van der Waals surface area contributed by atoms with Crippen molar-refractivity contribution in [3.63, 3.8) is 0 Å². The Morgan fingerprint density at radius 1 is 1.28 bits per heavy atom. The lowest BCUT2D eigenvalue weighted by atomic mass is 10.0. The van der Waals surface area contributed by atoms with E-state index in [-0.39, 0.29) is 18.2 Å². The second-order valence-electron chi connectivity index (χ2n) is 5.45. The molecule has 0 unspecified atom stereocenters. The standard InChI is InChI=1S/C15H19NO2/c1-10(2)8-13-14-12(9-17-13)16-15(18-14)11-6-4-3-5-7-11/h3-7,10,12-14H,8-9H2,1-2H3/t12-,13-,14-/m0/s1. The number of hydrogen-bond acceptors (Lipinski definition) is 3. The fourth-order valence-corrected chi connectivity index (χ4v) is 2.62. The minimum Gasteiger partial charge on any atom is -0.469 e. The van der Waals surface area contributed by atoms with Gasteiger partial charge in [-0.25, -0.2) is 4.99 Å². The van der Waals surface area contributed by atoms with Gasteiger partial charge in [0, 0.05) is 5.56 Å². The number of aliphatic imine (C=N–C) groups is 1. The Kier molecular flexibility index (Phi) is 3.08. The molecule has 2 heterocycles. The predicted octanol–water partition coefficient (Wildman–Crippen LogP) is 2.65. The molecule has 0 amide bonds. The zero-order valence-electron chi connectivity index (χ0n) is 10.9. The van der Waals surface area contributed by atoms with Crippen LogP contribution in [0.4, 0.5) is 0 Å². The molecule has 1 aromatic rings. The van der Waals surface area contributed by atoms with Gasteiger partial charge >= 0.3 is 0 Å². The van der Waals surface area contributed by atoms with E-state index >= 15 is 0 Å². The SMILES string of the molecule is CC(C)C[C@@H]1OC[C@@H]2N=C(c3ccccc3)O[C@@H]21. The van der Waals surface area contributed by atoms with Crippen LogP contribution in [0, 0.1) is 5.92 Å². The third-order valence-corrected chi connectivity index (χ3v) is 3.48. The highest BCUT2D eigenvalue weighted by Gasteiger charge is 2.43. The van der Waals surface area contributed by atoms with Gasteiger partial charge in [-0.1, -0.05) is 32.0 Å². The van der Waals surface area contributed by atoms with Crippen LogP contribution in [0.1, 0.15) is 25.8 Å². The molecule has 2 aliphatic heterocycles. The number of rotatable bonds is 3. The molecule has 3 atom stereocenters. The summed E-state index contributed by atoms with van der Waals surface area (Å²) < 4.78 is 11.8. The molecule has 3 rings (SSSR count). The average Bonchev–Trinajstić information content (AvgIpc) is 2.92. The molecule has 3 heteroatoms. The summed E-state index contributed by atoms with van der Waals surface area (Å²) in [7, 11) is 0. The molecule has 2 aliphatic rings. The maximum absolute atomic E-state index is 6.01. The third kappa shape index (κ3) is 2.15. The fraction of sp³-hybridized carbons (Fsp3) is 0.533. The molecule has 1 aromatic carbocycles. The monoisotopic (exact) mass is 245 g/mol. The van der Waals surface area contributed by atoms with E-state index in [2.05, 4.69) is 18.8 Å². The topological polar surface area (TPSA) is 30.8 Å². The van der Waals surface area contributed by atoms with E-state index in [1.54, 1.807) is 0 Å². The average molecular weight is 245 g/mol. The first kappa shape index (κ1) is 11.7. The number of hydrogen-bond donors (Lipinski definition) is 0. The van der Waals surface area contributed by atoms with Crippen LogP contribution in [0.5, 0.6) is 0 Å². The molecule has 0 bridgehead atoms. The fourth-order valence-electron chi connectivity index (χ4n) is 2.62. The quantitative estimate of drug-likeness (QED) is 0.819. The molecule has 18 heavy (non-hydrogen) atoms. The molecule has 0 radical (unpaired) electrons. The van der Waals surface area contributed by atoms with Crippen LogP contribution < -0.4 is 0 Å². The first-order valence-corrected chi connectivity index (χ1v) is 6.65. The highest BCUT2D eigenvalue weighted by molar-refractivity contribution is 5.95. The van der Waals surface area contributed by atoms with Crippen LogP contribution in [-0.2, 0) is 9.47 Å². The van der Waals surface area contributed by atoms with E-state index in [1.165, 1.54) is 0 Å². The summed E-state index contributed by atoms with van der Waals surface area (Å²) in [5.74, 6) is 1.40. The van der Waals surface area contributed by atoms with Gasteiger partial charge in [-0.2, -0.15) is 0 Å². The van der Waals surface area contributed by atoms with E-state index in [1.807, 2.05) is 30.3 Å². The molecule has 0 aromatic heterocycles. The van der Waals surface area contributed by atoms with Crippen molar-refractivity contribution in [2.75, 3.05) is 6.61 Å². The minimum absolute atomic E-state index is 0.114. The van der Waals surface area contributed by atoms with E-state index in [9.17, 15) is 0 Å². The smallest absolute Gasteiger partial charge is 0.217 e. The predicted molar refractivity (Wildman–Crippen MR) is 70.8 cm³/mol. The Bertz CT molecular complexity index is 441. The number of ether oxygens (including phenoxy) is 2. The van der Waals surface area contributed by atoms with Crippen LogP contribution in [0.15, 0.2) is 35.3 Å². The van der Waals surface area contributed by atoms with Gasteiger partial charge in [-0.3, -0.25) is 0 Å². The Balaban J connectivity index is 1.73. The van der Waals surface area contributed by atoms with Gasteiger partial charge in [0.25, 0.3) is 0 Å². The molecule has 3 nitrogen and oxygen atoms in total. The van der Waals surface area contributed by atoms with Crippen molar-refractivity contribution in [3.8, 4) is 0 Å². The summed E-state index contributed by atoms with van der Waals surface area (Å²) in [4.78, 5) is 4.65. The van der Waals surface area contributed by atoms with Gasteiger partial charge in [-0.15, -0.1) is 0 Å². The minimum atomic E-state index is 0.114. The summed E-state index contributed by atoms with van der Waals surface area (Å²) in [5.41, 5.74) is 1.06. The molecular weight excluding hydrogens is 226 g/mol. The molecule has 96 valence electrons. The van der Waals surface area contributed by atoms with E-state index < -0.39 is 0 Å². The number of fused-ring (bicyclic) bond motifs is 1. The lowest BCUT2D eigenvalue weighted by molar-refractivity contribution is 0.0370. The van der Waals surface area contributed by atoms with E-state index in [0.717, 1.165) is 17.9 Å². The summed E-state index contributed by atoms with van der Waals surface area (Å²) in [6.45, 7) is 5.12. The number of nitrogens with zero attached hydrogens (tertiary/aromatic N) is 1. The first-order valence-electron chi connectivity index (χ1n) is 6.65. The second kappa shape index (κ2) is 4.73. The van der Waals surface area contributed by atoms with Crippen LogP contribution >= 0.6 is 0 Å². The largest absolute Gasteiger partial charge is 0.469 e. The van der Waals surface area contributed by atoms with Crippen LogP contribution in [0.2, 0.25) is 0 Å². The second-order valence-corrected chi connectivity index (χ2v) is 5.45. The van der Waals surface area contributed by atoms with Gasteiger partial charge < -0.3 is 9.47 Å². The molecular formula is C15H19NO2. The van der Waals surface area contributed by atoms with Crippen molar-refractivity contribution in [1.29, 1.82) is 0 Å². The van der Waals surface area contributed by atoms with Crippen LogP contribution in [-0.4, -0.2) is 30.8 Å². The van der Waals surface area contributed by atoms with Crippen LogP contribution in [0.25, 0.3) is 0 Å². The molecule has 1 saturated heterocycles. The van der Waals surface area contributed by atoms with Gasteiger partial charge in [0.1, 0.15) is 6.04 Å². The molecule has 0 aliphatic carbocycles. The van der Waals surface area contributed by atoms with E-state index in [4.69, 9.17) is 9.47 Å². The van der Waals surface area contributed by atoms with Crippen molar-refractivity contribution in [2.24, 2.45) is 10.9 Å². The van der Waals surface area contributed by atoms with Gasteiger partial charge in [0.15, 0.2) is 6.10 Å². The summed E-state index contributed by atoms with van der Waals surface area (Å²) in [6, 6.07) is 10.3. The van der Waals surface area contributed by atoms with Gasteiger partial charge in [-0.05, 0) is 24.5 Å². The summed E-state index contributed by atoms with van der Waals surface area (Å²) in [5, 5.41) is 0. The lowest BCUT2D eigenvalue weighted by Gasteiger charge is -2.19. The zero-order chi connectivity index (χ0) is 12.5. The highest BCUT2D eigenvalue weighted by Crippen LogP contribution is 2.31. The Morgan fingerprint density at radius 3 is 2.78 bits per heavy atom. The zero-order valence-corrected chi connectivity index (χ0v) is 10.9. The normalized spacial score (nSPS) is 30.2. The van der Waals surface area contributed by atoms with Gasteiger partial charge in [0.05, 0.1) is 12.7 Å². The Labute approximate surface area is 108 Å². The molecule has 0 spiro atoms. The molecule has 1 fully saturated rings. The third-order valence-electron chi connectivity index (χ3n) is 3.48. The van der Waals surface area contributed by atoms with Crippen molar-refractivity contribution in [1.82, 2.24) is 0 Å². The van der Waals surface area contributed by atoms with Crippen molar-refractivity contribution in [2.45, 2.75) is 38.5 Å². The number of benzene rings is 1. The van der Waals surface area contributed by atoms with Crippen molar-refractivity contribution < 1.29 is 9.47 Å². The van der Waals surface area contributed by atoms with E-state index in [0.29, 0.717) is 12.5 Å². The maximum Gasteiger partial charge on any atom is 0.217 e. The molecule has 0 N–H and O–H groups in total. The summed E-state index contributed by atoms with van der Waals surface area (Å²) >= 11 is 0. The van der Waals surface area contributed by atoms with Crippen molar-refractivity contribution >= 4 is 5.90 Å².